The fourth-order valence-electron chi connectivity index (χ4n) is 2.73. The minimum atomic E-state index is -3.61. The second-order valence-corrected chi connectivity index (χ2v) is 7.34. The second-order valence-electron chi connectivity index (χ2n) is 5.59. The Bertz CT molecular complexity index is 791. The molecule has 124 valence electrons. The summed E-state index contributed by atoms with van der Waals surface area (Å²) in [5, 5.41) is 0. The van der Waals surface area contributed by atoms with Crippen molar-refractivity contribution in [3.8, 4) is 0 Å². The molecule has 1 saturated heterocycles. The summed E-state index contributed by atoms with van der Waals surface area (Å²) in [5.41, 5.74) is 0.407. The number of hydrogen-bond donors (Lipinski definition) is 1. The molecule has 1 aliphatic heterocycles. The molecule has 1 aromatic carbocycles. The highest BCUT2D eigenvalue weighted by molar-refractivity contribution is 7.88. The third kappa shape index (κ3) is 3.77. The van der Waals surface area contributed by atoms with Crippen LogP contribution in [0.25, 0.3) is 0 Å². The molecule has 1 aromatic heterocycles. The van der Waals surface area contributed by atoms with Gasteiger partial charge in [-0.2, -0.15) is 0 Å². The largest absolute Gasteiger partial charge is 0.369 e. The molecule has 2 heterocycles. The smallest absolute Gasteiger partial charge is 0.216 e. The van der Waals surface area contributed by atoms with E-state index in [0.29, 0.717) is 24.4 Å². The summed E-state index contributed by atoms with van der Waals surface area (Å²) in [6.07, 6.45) is 3.59. The molecule has 2 atom stereocenters. The van der Waals surface area contributed by atoms with Gasteiger partial charge in [0.15, 0.2) is 0 Å². The molecule has 0 spiro atoms. The predicted molar refractivity (Wildman–Crippen MR) is 82.5 cm³/mol. The van der Waals surface area contributed by atoms with Gasteiger partial charge in [-0.05, 0) is 24.1 Å². The van der Waals surface area contributed by atoms with E-state index in [9.17, 15) is 12.8 Å². The Balaban J connectivity index is 1.73. The predicted octanol–water partition coefficient (Wildman–Crippen LogP) is 1.51. The minimum absolute atomic E-state index is 0.269. The molecule has 8 heteroatoms. The van der Waals surface area contributed by atoms with Crippen LogP contribution in [0.15, 0.2) is 36.7 Å². The van der Waals surface area contributed by atoms with Crippen LogP contribution in [0.3, 0.4) is 0 Å². The van der Waals surface area contributed by atoms with Crippen LogP contribution in [0.1, 0.15) is 23.9 Å². The monoisotopic (exact) mass is 339 g/mol. The number of aryl methyl sites for hydroxylation is 1. The van der Waals surface area contributed by atoms with Gasteiger partial charge < -0.3 is 9.30 Å². The zero-order valence-corrected chi connectivity index (χ0v) is 13.5. The summed E-state index contributed by atoms with van der Waals surface area (Å²) >= 11 is 0. The Morgan fingerprint density at radius 2 is 2.30 bits per heavy atom. The Morgan fingerprint density at radius 3 is 3.00 bits per heavy atom. The number of ether oxygens (including phenoxy) is 1. The van der Waals surface area contributed by atoms with E-state index >= 15 is 0 Å². The van der Waals surface area contributed by atoms with Crippen LogP contribution in [0, 0.1) is 5.82 Å². The number of nitrogens with zero attached hydrogens (tertiary/aromatic N) is 2. The third-order valence-corrected chi connectivity index (χ3v) is 5.16. The SMILES string of the molecule is Cn1ccnc1[C@H]1OCC[C@@H]1NS(=O)(=O)Cc1cccc(F)c1. The highest BCUT2D eigenvalue weighted by Crippen LogP contribution is 2.28. The number of aromatic nitrogens is 2. The van der Waals surface area contributed by atoms with Crippen molar-refractivity contribution in [1.29, 1.82) is 0 Å². The van der Waals surface area contributed by atoms with Crippen LogP contribution >= 0.6 is 0 Å². The first kappa shape index (κ1) is 16.1. The standard InChI is InChI=1S/C15H18FN3O3S/c1-19-7-6-17-15(19)14-13(5-8-22-14)18-23(20,21)10-11-3-2-4-12(16)9-11/h2-4,6-7,9,13-14,18H,5,8,10H2,1H3/t13-,14-/m0/s1. The van der Waals surface area contributed by atoms with Gasteiger partial charge >= 0.3 is 0 Å². The Hall–Kier alpha value is -1.77. The maximum Gasteiger partial charge on any atom is 0.216 e. The molecule has 1 aliphatic rings. The highest BCUT2D eigenvalue weighted by Gasteiger charge is 2.35. The summed E-state index contributed by atoms with van der Waals surface area (Å²) in [6.45, 7) is 0.463. The first-order valence-electron chi connectivity index (χ1n) is 7.28. The number of nitrogens with one attached hydrogen (secondary N) is 1. The lowest BCUT2D eigenvalue weighted by atomic mass is 10.1. The van der Waals surface area contributed by atoms with Crippen LogP contribution < -0.4 is 4.72 Å². The van der Waals surface area contributed by atoms with Gasteiger partial charge in [0.1, 0.15) is 17.7 Å². The lowest BCUT2D eigenvalue weighted by Gasteiger charge is -2.19. The van der Waals surface area contributed by atoms with Crippen LogP contribution in [0.2, 0.25) is 0 Å². The first-order valence-corrected chi connectivity index (χ1v) is 8.93. The van der Waals surface area contributed by atoms with E-state index in [1.807, 2.05) is 11.6 Å². The molecule has 0 radical (unpaired) electrons. The van der Waals surface area contributed by atoms with Gasteiger partial charge in [0.05, 0.1) is 11.8 Å². The number of sulfonamides is 1. The molecule has 0 unspecified atom stereocenters. The van der Waals surface area contributed by atoms with Crippen LogP contribution in [-0.2, 0) is 27.6 Å². The van der Waals surface area contributed by atoms with Gasteiger partial charge in [0.2, 0.25) is 10.0 Å². The number of hydrogen-bond acceptors (Lipinski definition) is 4. The summed E-state index contributed by atoms with van der Waals surface area (Å²) < 4.78 is 48.0. The molecule has 6 nitrogen and oxygen atoms in total. The van der Waals surface area contributed by atoms with E-state index in [0.717, 1.165) is 0 Å². The molecule has 23 heavy (non-hydrogen) atoms. The molecule has 2 aromatic rings. The van der Waals surface area contributed by atoms with Crippen molar-refractivity contribution >= 4 is 10.0 Å². The second kappa shape index (κ2) is 6.38. The van der Waals surface area contributed by atoms with Crippen molar-refractivity contribution in [2.24, 2.45) is 7.05 Å². The van der Waals surface area contributed by atoms with Gasteiger partial charge in [-0.3, -0.25) is 0 Å². The molecule has 0 amide bonds. The average molecular weight is 339 g/mol. The van der Waals surface area contributed by atoms with Crippen molar-refractivity contribution in [3.63, 3.8) is 0 Å². The van der Waals surface area contributed by atoms with Crippen molar-refractivity contribution in [1.82, 2.24) is 14.3 Å². The van der Waals surface area contributed by atoms with E-state index in [-0.39, 0.29) is 11.8 Å². The maximum absolute atomic E-state index is 13.2. The van der Waals surface area contributed by atoms with Crippen molar-refractivity contribution in [3.05, 3.63) is 53.9 Å². The molecule has 0 saturated carbocycles. The van der Waals surface area contributed by atoms with Gasteiger partial charge in [-0.25, -0.2) is 22.5 Å². The normalized spacial score (nSPS) is 21.7. The molecule has 0 aliphatic carbocycles. The number of benzene rings is 1. The van der Waals surface area contributed by atoms with Crippen LogP contribution in [0.5, 0.6) is 0 Å². The van der Waals surface area contributed by atoms with Crippen molar-refractivity contribution in [2.45, 2.75) is 24.3 Å². The average Bonchev–Trinajstić information content (AvgIpc) is 3.06. The zero-order valence-electron chi connectivity index (χ0n) is 12.6. The highest BCUT2D eigenvalue weighted by atomic mass is 32.2. The van der Waals surface area contributed by atoms with E-state index < -0.39 is 21.9 Å². The first-order chi connectivity index (χ1) is 10.9. The van der Waals surface area contributed by atoms with Crippen LogP contribution in [0.4, 0.5) is 4.39 Å². The van der Waals surface area contributed by atoms with Gasteiger partial charge in [-0.15, -0.1) is 0 Å². The molecule has 3 rings (SSSR count). The fraction of sp³-hybridized carbons (Fsp3) is 0.400. The maximum atomic E-state index is 13.2. The number of imidazole rings is 1. The zero-order chi connectivity index (χ0) is 16.4. The van der Waals surface area contributed by atoms with E-state index in [4.69, 9.17) is 4.74 Å². The van der Waals surface area contributed by atoms with Crippen molar-refractivity contribution < 1.29 is 17.5 Å². The summed E-state index contributed by atoms with van der Waals surface area (Å²) in [5.74, 6) is -0.0390. The van der Waals surface area contributed by atoms with Gasteiger partial charge in [0, 0.05) is 26.0 Å². The molecular weight excluding hydrogens is 321 g/mol. The Morgan fingerprint density at radius 1 is 1.48 bits per heavy atom. The van der Waals surface area contributed by atoms with E-state index in [1.165, 1.54) is 18.2 Å². The lowest BCUT2D eigenvalue weighted by molar-refractivity contribution is 0.0932. The summed E-state index contributed by atoms with van der Waals surface area (Å²) in [7, 11) is -1.77. The Kier molecular flexibility index (Phi) is 4.47. The third-order valence-electron chi connectivity index (χ3n) is 3.78. The van der Waals surface area contributed by atoms with Gasteiger partial charge in [-0.1, -0.05) is 12.1 Å². The quantitative estimate of drug-likeness (QED) is 0.896. The molecular formula is C15H18FN3O3S. The van der Waals surface area contributed by atoms with E-state index in [1.54, 1.807) is 18.5 Å². The topological polar surface area (TPSA) is 73.2 Å². The molecule has 1 N–H and O–H groups in total. The number of halogens is 1. The van der Waals surface area contributed by atoms with Crippen molar-refractivity contribution in [2.75, 3.05) is 6.61 Å². The van der Waals surface area contributed by atoms with E-state index in [2.05, 4.69) is 9.71 Å². The lowest BCUT2D eigenvalue weighted by Crippen LogP contribution is -2.38. The Labute approximate surface area is 134 Å². The van der Waals surface area contributed by atoms with Gasteiger partial charge in [0.25, 0.3) is 0 Å². The summed E-state index contributed by atoms with van der Waals surface area (Å²) in [4.78, 5) is 4.23. The summed E-state index contributed by atoms with van der Waals surface area (Å²) in [6, 6.07) is 5.21. The van der Waals surface area contributed by atoms with Crippen LogP contribution in [-0.4, -0.2) is 30.6 Å². The molecule has 1 fully saturated rings. The fourth-order valence-corrected chi connectivity index (χ4v) is 4.14. The minimum Gasteiger partial charge on any atom is -0.369 e. The number of rotatable bonds is 5. The molecule has 0 bridgehead atoms.